The summed E-state index contributed by atoms with van der Waals surface area (Å²) in [7, 11) is 0. The summed E-state index contributed by atoms with van der Waals surface area (Å²) in [6, 6.07) is 4.83. The van der Waals surface area contributed by atoms with Gasteiger partial charge < -0.3 is 10.6 Å². The summed E-state index contributed by atoms with van der Waals surface area (Å²) < 4.78 is 52.5. The first-order chi connectivity index (χ1) is 15.7. The van der Waals surface area contributed by atoms with E-state index in [0.717, 1.165) is 12.5 Å². The lowest BCUT2D eigenvalue weighted by molar-refractivity contribution is -0.141. The summed E-state index contributed by atoms with van der Waals surface area (Å²) in [5, 5.41) is 6.00. The summed E-state index contributed by atoms with van der Waals surface area (Å²) in [4.78, 5) is 28.8. The van der Waals surface area contributed by atoms with Crippen LogP contribution in [0.15, 0.2) is 42.9 Å². The van der Waals surface area contributed by atoms with Crippen LogP contribution in [0.3, 0.4) is 0 Å². The molecule has 1 fully saturated rings. The van der Waals surface area contributed by atoms with Gasteiger partial charge in [-0.3, -0.25) is 4.79 Å². The second-order valence-electron chi connectivity index (χ2n) is 7.71. The Morgan fingerprint density at radius 2 is 1.82 bits per heavy atom. The lowest BCUT2D eigenvalue weighted by Gasteiger charge is -2.24. The van der Waals surface area contributed by atoms with Gasteiger partial charge in [0.25, 0.3) is 5.91 Å². The van der Waals surface area contributed by atoms with Gasteiger partial charge in [0.1, 0.15) is 11.6 Å². The van der Waals surface area contributed by atoms with Gasteiger partial charge >= 0.3 is 6.18 Å². The minimum Gasteiger partial charge on any atom is -0.364 e. The highest BCUT2D eigenvalue weighted by Gasteiger charge is 2.34. The van der Waals surface area contributed by atoms with E-state index in [1.807, 2.05) is 0 Å². The molecule has 1 aliphatic rings. The topological polar surface area (TPSA) is 92.7 Å². The third-order valence-corrected chi connectivity index (χ3v) is 5.42. The van der Waals surface area contributed by atoms with Crippen molar-refractivity contribution in [2.75, 3.05) is 5.32 Å². The Balaban J connectivity index is 1.52. The van der Waals surface area contributed by atoms with E-state index in [-0.39, 0.29) is 29.2 Å². The molecule has 2 heterocycles. The van der Waals surface area contributed by atoms with Gasteiger partial charge in [-0.1, -0.05) is 0 Å². The molecule has 1 aliphatic carbocycles. The van der Waals surface area contributed by atoms with E-state index >= 15 is 0 Å². The number of rotatable bonds is 5. The van der Waals surface area contributed by atoms with E-state index in [1.165, 1.54) is 31.5 Å². The van der Waals surface area contributed by atoms with Gasteiger partial charge in [-0.05, 0) is 50.5 Å². The van der Waals surface area contributed by atoms with Gasteiger partial charge in [-0.25, -0.2) is 24.3 Å². The van der Waals surface area contributed by atoms with Gasteiger partial charge in [-0.2, -0.15) is 13.2 Å². The molecule has 2 aromatic heterocycles. The number of hydrogen-bond donors (Lipinski definition) is 2. The zero-order valence-corrected chi connectivity index (χ0v) is 17.5. The maximum absolute atomic E-state index is 13.9. The Morgan fingerprint density at radius 1 is 1.09 bits per heavy atom. The van der Waals surface area contributed by atoms with Crippen LogP contribution in [0.2, 0.25) is 0 Å². The van der Waals surface area contributed by atoms with Crippen molar-refractivity contribution in [3.63, 3.8) is 0 Å². The van der Waals surface area contributed by atoms with E-state index in [9.17, 15) is 22.4 Å². The molecule has 0 bridgehead atoms. The molecule has 7 nitrogen and oxygen atoms in total. The number of nitrogens with zero attached hydrogens (tertiary/aromatic N) is 4. The van der Waals surface area contributed by atoms with Crippen molar-refractivity contribution in [1.82, 2.24) is 25.3 Å². The zero-order valence-electron chi connectivity index (χ0n) is 17.5. The molecule has 0 unspecified atom stereocenters. The van der Waals surface area contributed by atoms with Crippen LogP contribution in [0.4, 0.5) is 23.4 Å². The smallest absolute Gasteiger partial charge is 0.364 e. The normalized spacial score (nSPS) is 18.2. The highest BCUT2D eigenvalue weighted by atomic mass is 19.4. The lowest BCUT2D eigenvalue weighted by atomic mass is 10.0. The number of hydrogen-bond acceptors (Lipinski definition) is 6. The predicted molar refractivity (Wildman–Crippen MR) is 112 cm³/mol. The average Bonchev–Trinajstić information content (AvgIpc) is 3.21. The summed E-state index contributed by atoms with van der Waals surface area (Å²) >= 11 is 0. The number of carbonyl (C=O) groups is 1. The molecular weight excluding hydrogens is 440 g/mol. The zero-order chi connectivity index (χ0) is 23.6. The first kappa shape index (κ1) is 22.6. The van der Waals surface area contributed by atoms with E-state index in [1.54, 1.807) is 6.07 Å². The molecule has 0 radical (unpaired) electrons. The number of nitrogens with one attached hydrogen (secondary N) is 2. The van der Waals surface area contributed by atoms with Crippen LogP contribution in [0.5, 0.6) is 0 Å². The average molecular weight is 460 g/mol. The van der Waals surface area contributed by atoms with Crippen molar-refractivity contribution < 1.29 is 22.4 Å². The van der Waals surface area contributed by atoms with Crippen molar-refractivity contribution in [3.05, 3.63) is 65.6 Å². The third-order valence-electron chi connectivity index (χ3n) is 5.42. The van der Waals surface area contributed by atoms with Crippen LogP contribution >= 0.6 is 0 Å². The number of halogens is 4. The fourth-order valence-electron chi connectivity index (χ4n) is 3.82. The summed E-state index contributed by atoms with van der Waals surface area (Å²) in [6.07, 6.45) is 1.25. The monoisotopic (exact) mass is 460 g/mol. The maximum atomic E-state index is 13.9. The highest BCUT2D eigenvalue weighted by Crippen LogP contribution is 2.29. The van der Waals surface area contributed by atoms with Gasteiger partial charge in [-0.15, -0.1) is 0 Å². The lowest BCUT2D eigenvalue weighted by Crippen LogP contribution is -2.43. The third kappa shape index (κ3) is 5.07. The molecule has 4 rings (SSSR count). The number of amides is 1. The number of carbonyl (C=O) groups excluding carboxylic acids is 1. The largest absolute Gasteiger partial charge is 0.434 e. The molecule has 0 saturated heterocycles. The molecule has 0 aliphatic heterocycles. The number of benzene rings is 1. The highest BCUT2D eigenvalue weighted by molar-refractivity contribution is 6.00. The van der Waals surface area contributed by atoms with E-state index in [0.29, 0.717) is 30.4 Å². The standard InChI is InChI=1S/C22H20F4N6O/c1-12-19(29-11-18(30-12)22(24,25)26)31-16-4-2-5-17(16)32-21(33)15-10-13(23)6-7-14(15)20-27-8-3-9-28-20/h3,6-11,16-17H,2,4-5H2,1H3,(H,29,31)(H,32,33)/t16-,17-/m0/s1. The molecular formula is C22H20F4N6O. The minimum atomic E-state index is -4.58. The Hall–Kier alpha value is -3.63. The SMILES string of the molecule is Cc1nc(C(F)(F)F)cnc1N[C@H]1CCC[C@@H]1NC(=O)c1cc(F)ccc1-c1ncccn1. The predicted octanol–water partition coefficient (Wildman–Crippen LogP) is 4.16. The first-order valence-corrected chi connectivity index (χ1v) is 10.3. The van der Waals surface area contributed by atoms with Crippen LogP contribution in [0.1, 0.15) is 41.0 Å². The van der Waals surface area contributed by atoms with Crippen LogP contribution in [-0.2, 0) is 6.18 Å². The first-order valence-electron chi connectivity index (χ1n) is 10.3. The molecule has 1 amide bonds. The van der Waals surface area contributed by atoms with Gasteiger partial charge in [0.15, 0.2) is 11.5 Å². The Kier molecular flexibility index (Phi) is 6.21. The van der Waals surface area contributed by atoms with Crippen molar-refractivity contribution in [2.45, 2.75) is 44.4 Å². The van der Waals surface area contributed by atoms with Crippen LogP contribution in [0, 0.1) is 12.7 Å². The fourth-order valence-corrected chi connectivity index (χ4v) is 3.82. The van der Waals surface area contributed by atoms with E-state index in [4.69, 9.17) is 0 Å². The summed E-state index contributed by atoms with van der Waals surface area (Å²) in [6.45, 7) is 1.44. The van der Waals surface area contributed by atoms with Crippen molar-refractivity contribution in [1.29, 1.82) is 0 Å². The second kappa shape index (κ2) is 9.08. The maximum Gasteiger partial charge on any atom is 0.434 e. The molecule has 1 aromatic carbocycles. The van der Waals surface area contributed by atoms with Crippen molar-refractivity contribution >= 4 is 11.7 Å². The number of aromatic nitrogens is 4. The quantitative estimate of drug-likeness (QED) is 0.556. The van der Waals surface area contributed by atoms with Crippen LogP contribution < -0.4 is 10.6 Å². The summed E-state index contributed by atoms with van der Waals surface area (Å²) in [5.41, 5.74) is -0.474. The van der Waals surface area contributed by atoms with E-state index < -0.39 is 23.6 Å². The number of aryl methyl sites for hydroxylation is 1. The van der Waals surface area contributed by atoms with Gasteiger partial charge in [0.05, 0.1) is 17.5 Å². The molecule has 11 heteroatoms. The van der Waals surface area contributed by atoms with Crippen molar-refractivity contribution in [2.24, 2.45) is 0 Å². The molecule has 2 atom stereocenters. The molecule has 172 valence electrons. The Morgan fingerprint density at radius 3 is 2.52 bits per heavy atom. The van der Waals surface area contributed by atoms with Crippen LogP contribution in [-0.4, -0.2) is 37.9 Å². The molecule has 0 spiro atoms. The van der Waals surface area contributed by atoms with Gasteiger partial charge in [0, 0.05) is 30.0 Å². The number of anilines is 1. The Labute approximate surface area is 186 Å². The molecule has 1 saturated carbocycles. The molecule has 3 aromatic rings. The van der Waals surface area contributed by atoms with E-state index in [2.05, 4.69) is 30.6 Å². The van der Waals surface area contributed by atoms with Crippen LogP contribution in [0.25, 0.3) is 11.4 Å². The molecule has 2 N–H and O–H groups in total. The second-order valence-corrected chi connectivity index (χ2v) is 7.71. The van der Waals surface area contributed by atoms with Gasteiger partial charge in [0.2, 0.25) is 0 Å². The Bertz CT molecular complexity index is 1160. The minimum absolute atomic E-state index is 0.0948. The number of alkyl halides is 3. The summed E-state index contributed by atoms with van der Waals surface area (Å²) in [5.74, 6) is -0.555. The van der Waals surface area contributed by atoms with Crippen molar-refractivity contribution in [3.8, 4) is 11.4 Å². The fraction of sp³-hybridized carbons (Fsp3) is 0.318. The molecule has 33 heavy (non-hydrogen) atoms.